The molecule has 0 radical (unpaired) electrons. The standard InChI is InChI=1S/C5H11Cl2N/c1-5(3-6,4-7)8-2/h8H,3-4H2,1-2H3. The van der Waals surface area contributed by atoms with Gasteiger partial charge in [0.15, 0.2) is 0 Å². The van der Waals surface area contributed by atoms with Gasteiger partial charge in [-0.05, 0) is 14.0 Å². The zero-order chi connectivity index (χ0) is 6.62. The monoisotopic (exact) mass is 155 g/mol. The van der Waals surface area contributed by atoms with Gasteiger partial charge < -0.3 is 5.32 Å². The van der Waals surface area contributed by atoms with Crippen molar-refractivity contribution in [1.29, 1.82) is 0 Å². The Bertz CT molecular complexity index is 53.2. The molecule has 1 nitrogen and oxygen atoms in total. The van der Waals surface area contributed by atoms with Crippen LogP contribution in [-0.4, -0.2) is 24.3 Å². The fourth-order valence-corrected chi connectivity index (χ4v) is 0.722. The highest BCUT2D eigenvalue weighted by molar-refractivity contribution is 6.22. The Morgan fingerprint density at radius 2 is 1.75 bits per heavy atom. The highest BCUT2D eigenvalue weighted by atomic mass is 35.5. The summed E-state index contributed by atoms with van der Waals surface area (Å²) in [7, 11) is 1.85. The molecule has 0 aromatic heterocycles. The summed E-state index contributed by atoms with van der Waals surface area (Å²) in [5.41, 5.74) is -0.0941. The summed E-state index contributed by atoms with van der Waals surface area (Å²) in [6.45, 7) is 1.98. The van der Waals surface area contributed by atoms with Crippen molar-refractivity contribution in [1.82, 2.24) is 5.32 Å². The third kappa shape index (κ3) is 2.21. The molecule has 8 heavy (non-hydrogen) atoms. The molecule has 0 heterocycles. The summed E-state index contributed by atoms with van der Waals surface area (Å²) in [4.78, 5) is 0. The molecular weight excluding hydrogens is 145 g/mol. The first kappa shape index (κ1) is 8.54. The number of nitrogens with one attached hydrogen (secondary N) is 1. The van der Waals surface area contributed by atoms with E-state index in [-0.39, 0.29) is 5.54 Å². The smallest absolute Gasteiger partial charge is 0.0422 e. The fraction of sp³-hybridized carbons (Fsp3) is 1.00. The minimum atomic E-state index is -0.0941. The summed E-state index contributed by atoms with van der Waals surface area (Å²) in [6, 6.07) is 0. The normalized spacial score (nSPS) is 12.0. The Morgan fingerprint density at radius 1 is 1.38 bits per heavy atom. The highest BCUT2D eigenvalue weighted by Crippen LogP contribution is 2.06. The summed E-state index contributed by atoms with van der Waals surface area (Å²) in [5.74, 6) is 1.10. The maximum Gasteiger partial charge on any atom is 0.0422 e. The van der Waals surface area contributed by atoms with Crippen LogP contribution in [0, 0.1) is 0 Å². The van der Waals surface area contributed by atoms with E-state index in [1.807, 2.05) is 14.0 Å². The predicted octanol–water partition coefficient (Wildman–Crippen LogP) is 1.44. The molecule has 0 fully saturated rings. The molecule has 0 rings (SSSR count). The van der Waals surface area contributed by atoms with E-state index >= 15 is 0 Å². The topological polar surface area (TPSA) is 12.0 Å². The van der Waals surface area contributed by atoms with Crippen molar-refractivity contribution in [3.05, 3.63) is 0 Å². The molecule has 50 valence electrons. The van der Waals surface area contributed by atoms with E-state index in [4.69, 9.17) is 23.2 Å². The first-order chi connectivity index (χ1) is 3.68. The number of hydrogen-bond acceptors (Lipinski definition) is 1. The van der Waals surface area contributed by atoms with E-state index in [1.54, 1.807) is 0 Å². The molecule has 0 atom stereocenters. The van der Waals surface area contributed by atoms with Crippen molar-refractivity contribution in [3.8, 4) is 0 Å². The molecular formula is C5H11Cl2N. The van der Waals surface area contributed by atoms with Crippen LogP contribution < -0.4 is 5.32 Å². The maximum absolute atomic E-state index is 5.56. The Kier molecular flexibility index (Phi) is 3.78. The highest BCUT2D eigenvalue weighted by Gasteiger charge is 2.17. The van der Waals surface area contributed by atoms with Crippen molar-refractivity contribution in [2.45, 2.75) is 12.5 Å². The van der Waals surface area contributed by atoms with Crippen molar-refractivity contribution in [2.75, 3.05) is 18.8 Å². The van der Waals surface area contributed by atoms with E-state index in [9.17, 15) is 0 Å². The second-order valence-electron chi connectivity index (χ2n) is 2.08. The van der Waals surface area contributed by atoms with Gasteiger partial charge in [0.05, 0.1) is 0 Å². The molecule has 0 amide bonds. The van der Waals surface area contributed by atoms with E-state index in [0.29, 0.717) is 11.8 Å². The average molecular weight is 156 g/mol. The van der Waals surface area contributed by atoms with Crippen molar-refractivity contribution >= 4 is 23.2 Å². The lowest BCUT2D eigenvalue weighted by atomic mass is 10.1. The minimum absolute atomic E-state index is 0.0941. The molecule has 0 unspecified atom stereocenters. The molecule has 0 spiro atoms. The second-order valence-corrected chi connectivity index (χ2v) is 2.61. The maximum atomic E-state index is 5.56. The SMILES string of the molecule is CNC(C)(CCl)CCl. The van der Waals surface area contributed by atoms with E-state index < -0.39 is 0 Å². The van der Waals surface area contributed by atoms with Crippen molar-refractivity contribution in [3.63, 3.8) is 0 Å². The molecule has 0 saturated heterocycles. The lowest BCUT2D eigenvalue weighted by molar-refractivity contribution is 0.481. The van der Waals surface area contributed by atoms with Crippen LogP contribution in [0.15, 0.2) is 0 Å². The lowest BCUT2D eigenvalue weighted by Crippen LogP contribution is -2.43. The molecule has 0 aromatic rings. The van der Waals surface area contributed by atoms with Gasteiger partial charge in [-0.25, -0.2) is 0 Å². The van der Waals surface area contributed by atoms with Gasteiger partial charge in [-0.3, -0.25) is 0 Å². The largest absolute Gasteiger partial charge is 0.312 e. The zero-order valence-electron chi connectivity index (χ0n) is 5.17. The van der Waals surface area contributed by atoms with Gasteiger partial charge in [-0.1, -0.05) is 0 Å². The number of alkyl halides is 2. The average Bonchev–Trinajstić information content (AvgIpc) is 1.87. The second kappa shape index (κ2) is 3.54. The van der Waals surface area contributed by atoms with Gasteiger partial charge in [0.1, 0.15) is 0 Å². The van der Waals surface area contributed by atoms with Crippen molar-refractivity contribution in [2.24, 2.45) is 0 Å². The Balaban J connectivity index is 3.58. The summed E-state index contributed by atoms with van der Waals surface area (Å²) in [6.07, 6.45) is 0. The van der Waals surface area contributed by atoms with Crippen LogP contribution in [0.2, 0.25) is 0 Å². The van der Waals surface area contributed by atoms with Crippen LogP contribution in [-0.2, 0) is 0 Å². The molecule has 0 aliphatic carbocycles. The van der Waals surface area contributed by atoms with Gasteiger partial charge in [0.25, 0.3) is 0 Å². The molecule has 0 bridgehead atoms. The Labute approximate surface area is 60.4 Å². The van der Waals surface area contributed by atoms with Crippen molar-refractivity contribution < 1.29 is 0 Å². The first-order valence-corrected chi connectivity index (χ1v) is 3.56. The summed E-state index contributed by atoms with van der Waals surface area (Å²) < 4.78 is 0. The quantitative estimate of drug-likeness (QED) is 0.609. The summed E-state index contributed by atoms with van der Waals surface area (Å²) in [5, 5.41) is 3.01. The molecule has 3 heteroatoms. The first-order valence-electron chi connectivity index (χ1n) is 2.49. The van der Waals surface area contributed by atoms with Gasteiger partial charge in [0.2, 0.25) is 0 Å². The predicted molar refractivity (Wildman–Crippen MR) is 38.9 cm³/mol. The number of hydrogen-bond donors (Lipinski definition) is 1. The van der Waals surface area contributed by atoms with E-state index in [0.717, 1.165) is 0 Å². The Morgan fingerprint density at radius 3 is 1.75 bits per heavy atom. The Hall–Kier alpha value is 0.540. The van der Waals surface area contributed by atoms with Gasteiger partial charge in [-0.15, -0.1) is 23.2 Å². The minimum Gasteiger partial charge on any atom is -0.312 e. The molecule has 0 aromatic carbocycles. The molecule has 1 N–H and O–H groups in total. The molecule has 0 saturated carbocycles. The number of halogens is 2. The van der Waals surface area contributed by atoms with E-state index in [2.05, 4.69) is 5.32 Å². The van der Waals surface area contributed by atoms with E-state index in [1.165, 1.54) is 0 Å². The van der Waals surface area contributed by atoms with Crippen LogP contribution in [0.3, 0.4) is 0 Å². The molecule has 0 aliphatic rings. The third-order valence-corrected chi connectivity index (χ3v) is 2.37. The zero-order valence-corrected chi connectivity index (χ0v) is 6.68. The van der Waals surface area contributed by atoms with Crippen LogP contribution >= 0.6 is 23.2 Å². The number of rotatable bonds is 3. The van der Waals surface area contributed by atoms with Crippen LogP contribution in [0.5, 0.6) is 0 Å². The fourth-order valence-electron chi connectivity index (χ4n) is 0.169. The van der Waals surface area contributed by atoms with Gasteiger partial charge in [-0.2, -0.15) is 0 Å². The molecule has 0 aliphatic heterocycles. The summed E-state index contributed by atoms with van der Waals surface area (Å²) >= 11 is 11.1. The lowest BCUT2D eigenvalue weighted by Gasteiger charge is -2.22. The van der Waals surface area contributed by atoms with Crippen LogP contribution in [0.25, 0.3) is 0 Å². The van der Waals surface area contributed by atoms with Gasteiger partial charge in [0, 0.05) is 17.3 Å². The van der Waals surface area contributed by atoms with Crippen LogP contribution in [0.1, 0.15) is 6.92 Å². The van der Waals surface area contributed by atoms with Gasteiger partial charge >= 0.3 is 0 Å². The van der Waals surface area contributed by atoms with Crippen LogP contribution in [0.4, 0.5) is 0 Å². The third-order valence-electron chi connectivity index (χ3n) is 1.19.